The van der Waals surface area contributed by atoms with Gasteiger partial charge in [0.1, 0.15) is 12.4 Å². The number of hydrogen-bond acceptors (Lipinski definition) is 2. The molecule has 0 aliphatic carbocycles. The highest BCUT2D eigenvalue weighted by molar-refractivity contribution is 5.72. The number of benzene rings is 4. The summed E-state index contributed by atoms with van der Waals surface area (Å²) in [6, 6.07) is 21.8. The predicted molar refractivity (Wildman–Crippen MR) is 133 cm³/mol. The third kappa shape index (κ3) is 5.75. The minimum absolute atomic E-state index is 0.159. The minimum Gasteiger partial charge on any atom is -0.490 e. The van der Waals surface area contributed by atoms with Gasteiger partial charge in [0.2, 0.25) is 0 Å². The number of rotatable bonds is 9. The lowest BCUT2D eigenvalue weighted by Gasteiger charge is -2.11. The van der Waals surface area contributed by atoms with Gasteiger partial charge < -0.3 is 9.47 Å². The smallest absolute Gasteiger partial charge is 0.168 e. The first-order chi connectivity index (χ1) is 17.0. The van der Waals surface area contributed by atoms with Crippen LogP contribution in [0.25, 0.3) is 22.3 Å². The maximum absolute atomic E-state index is 14.9. The largest absolute Gasteiger partial charge is 0.490 e. The average molecular weight is 475 g/mol. The molecule has 0 saturated carbocycles. The lowest BCUT2D eigenvalue weighted by molar-refractivity contribution is 0.293. The molecule has 4 aromatic rings. The minimum atomic E-state index is -0.891. The van der Waals surface area contributed by atoms with E-state index in [4.69, 9.17) is 9.47 Å². The number of halogens is 3. The third-order valence-corrected chi connectivity index (χ3v) is 5.60. The molecular formula is C30H25F3O2. The SMILES string of the molecule is C=CCCOc1ccc(OCc2ccc(-c3ccc(-c4ccc(C)cc4)c(F)c3F)cc2)cc1F. The van der Waals surface area contributed by atoms with Crippen molar-refractivity contribution < 1.29 is 22.6 Å². The molecule has 4 rings (SSSR count). The van der Waals surface area contributed by atoms with Crippen molar-refractivity contribution in [3.8, 4) is 33.8 Å². The van der Waals surface area contributed by atoms with Gasteiger partial charge in [-0.2, -0.15) is 0 Å². The second-order valence-corrected chi connectivity index (χ2v) is 8.16. The Kier molecular flexibility index (Phi) is 7.56. The van der Waals surface area contributed by atoms with E-state index in [1.807, 2.05) is 19.1 Å². The van der Waals surface area contributed by atoms with Gasteiger partial charge in [-0.3, -0.25) is 0 Å². The van der Waals surface area contributed by atoms with Crippen molar-refractivity contribution in [2.75, 3.05) is 6.61 Å². The summed E-state index contributed by atoms with van der Waals surface area (Å²) in [5, 5.41) is 0. The fourth-order valence-electron chi connectivity index (χ4n) is 3.62. The van der Waals surface area contributed by atoms with Crippen molar-refractivity contribution in [3.63, 3.8) is 0 Å². The Morgan fingerprint density at radius 2 is 1.34 bits per heavy atom. The molecule has 0 unspecified atom stereocenters. The van der Waals surface area contributed by atoms with Crippen molar-refractivity contribution in [2.24, 2.45) is 0 Å². The highest BCUT2D eigenvalue weighted by Gasteiger charge is 2.16. The Balaban J connectivity index is 1.43. The summed E-state index contributed by atoms with van der Waals surface area (Å²) in [6.45, 7) is 6.09. The predicted octanol–water partition coefficient (Wildman–Crippen LogP) is 8.28. The highest BCUT2D eigenvalue weighted by Crippen LogP contribution is 2.32. The first-order valence-electron chi connectivity index (χ1n) is 11.3. The van der Waals surface area contributed by atoms with Gasteiger partial charge in [0, 0.05) is 17.2 Å². The molecule has 0 aliphatic heterocycles. The van der Waals surface area contributed by atoms with Crippen LogP contribution in [0.1, 0.15) is 17.5 Å². The molecule has 178 valence electrons. The number of ether oxygens (including phenoxy) is 2. The Bertz CT molecular complexity index is 1310. The van der Waals surface area contributed by atoms with Crippen LogP contribution in [0.4, 0.5) is 13.2 Å². The molecule has 5 heteroatoms. The van der Waals surface area contributed by atoms with E-state index in [9.17, 15) is 13.2 Å². The highest BCUT2D eigenvalue weighted by atomic mass is 19.2. The summed E-state index contributed by atoms with van der Waals surface area (Å²) >= 11 is 0. The molecule has 0 saturated heterocycles. The molecule has 0 atom stereocenters. The summed E-state index contributed by atoms with van der Waals surface area (Å²) < 4.78 is 54.9. The Hall–Kier alpha value is -3.99. The van der Waals surface area contributed by atoms with Crippen LogP contribution in [0.15, 0.2) is 91.5 Å². The molecule has 0 aromatic heterocycles. The van der Waals surface area contributed by atoms with Crippen molar-refractivity contribution in [1.29, 1.82) is 0 Å². The summed E-state index contributed by atoms with van der Waals surface area (Å²) in [6.07, 6.45) is 2.33. The van der Waals surface area contributed by atoms with Crippen molar-refractivity contribution >= 4 is 0 Å². The van der Waals surface area contributed by atoms with E-state index < -0.39 is 17.5 Å². The van der Waals surface area contributed by atoms with Crippen LogP contribution in [0.5, 0.6) is 11.5 Å². The normalized spacial score (nSPS) is 10.7. The number of aryl methyl sites for hydroxylation is 1. The Morgan fingerprint density at radius 1 is 0.743 bits per heavy atom. The van der Waals surface area contributed by atoms with Crippen LogP contribution in [0, 0.1) is 24.4 Å². The lowest BCUT2D eigenvalue weighted by Crippen LogP contribution is -2.00. The van der Waals surface area contributed by atoms with E-state index in [0.29, 0.717) is 29.9 Å². The van der Waals surface area contributed by atoms with E-state index >= 15 is 0 Å². The third-order valence-electron chi connectivity index (χ3n) is 5.60. The van der Waals surface area contributed by atoms with Gasteiger partial charge in [0.15, 0.2) is 23.2 Å². The molecule has 4 aromatic carbocycles. The summed E-state index contributed by atoms with van der Waals surface area (Å²) in [7, 11) is 0. The first kappa shape index (κ1) is 24.1. The van der Waals surface area contributed by atoms with Crippen LogP contribution >= 0.6 is 0 Å². The molecule has 0 spiro atoms. The van der Waals surface area contributed by atoms with Gasteiger partial charge >= 0.3 is 0 Å². The zero-order chi connectivity index (χ0) is 24.8. The molecule has 2 nitrogen and oxygen atoms in total. The molecule has 0 bridgehead atoms. The maximum Gasteiger partial charge on any atom is 0.168 e. The maximum atomic E-state index is 14.9. The summed E-state index contributed by atoms with van der Waals surface area (Å²) in [5.74, 6) is -1.75. The first-order valence-corrected chi connectivity index (χ1v) is 11.3. The van der Waals surface area contributed by atoms with Gasteiger partial charge in [0.05, 0.1) is 6.61 Å². The molecule has 0 aliphatic rings. The summed E-state index contributed by atoms with van der Waals surface area (Å²) in [5.41, 5.74) is 3.43. The van der Waals surface area contributed by atoms with E-state index in [-0.39, 0.29) is 23.5 Å². The molecule has 0 N–H and O–H groups in total. The fourth-order valence-corrected chi connectivity index (χ4v) is 3.62. The molecule has 0 heterocycles. The van der Waals surface area contributed by atoms with Gasteiger partial charge in [-0.1, -0.05) is 72.3 Å². The zero-order valence-corrected chi connectivity index (χ0v) is 19.4. The monoisotopic (exact) mass is 474 g/mol. The van der Waals surface area contributed by atoms with Crippen molar-refractivity contribution in [2.45, 2.75) is 20.0 Å². The van der Waals surface area contributed by atoms with E-state index in [1.54, 1.807) is 60.7 Å². The molecule has 35 heavy (non-hydrogen) atoms. The molecule has 0 radical (unpaired) electrons. The van der Waals surface area contributed by atoms with Crippen LogP contribution in [0.3, 0.4) is 0 Å². The zero-order valence-electron chi connectivity index (χ0n) is 19.4. The topological polar surface area (TPSA) is 18.5 Å². The molecule has 0 amide bonds. The Morgan fingerprint density at radius 3 is 1.91 bits per heavy atom. The fraction of sp³-hybridized carbons (Fsp3) is 0.133. The number of hydrogen-bond donors (Lipinski definition) is 0. The van der Waals surface area contributed by atoms with E-state index in [2.05, 4.69) is 6.58 Å². The van der Waals surface area contributed by atoms with Gasteiger partial charge in [-0.05, 0) is 42.2 Å². The second kappa shape index (κ2) is 11.0. The average Bonchev–Trinajstić information content (AvgIpc) is 2.87. The van der Waals surface area contributed by atoms with Crippen LogP contribution in [0.2, 0.25) is 0 Å². The van der Waals surface area contributed by atoms with Crippen molar-refractivity contribution in [3.05, 3.63) is 120 Å². The van der Waals surface area contributed by atoms with Crippen LogP contribution in [-0.4, -0.2) is 6.61 Å². The van der Waals surface area contributed by atoms with Crippen molar-refractivity contribution in [1.82, 2.24) is 0 Å². The van der Waals surface area contributed by atoms with Crippen LogP contribution in [-0.2, 0) is 6.61 Å². The summed E-state index contributed by atoms with van der Waals surface area (Å²) in [4.78, 5) is 0. The molecule has 0 fully saturated rings. The van der Waals surface area contributed by atoms with E-state index in [1.165, 1.54) is 12.1 Å². The Labute approximate surface area is 203 Å². The second-order valence-electron chi connectivity index (χ2n) is 8.16. The molecular weight excluding hydrogens is 449 g/mol. The van der Waals surface area contributed by atoms with E-state index in [0.717, 1.165) is 11.1 Å². The lowest BCUT2D eigenvalue weighted by atomic mass is 9.98. The van der Waals surface area contributed by atoms with Gasteiger partial charge in [-0.15, -0.1) is 6.58 Å². The van der Waals surface area contributed by atoms with Gasteiger partial charge in [0.25, 0.3) is 0 Å². The van der Waals surface area contributed by atoms with Crippen LogP contribution < -0.4 is 9.47 Å². The van der Waals surface area contributed by atoms with Gasteiger partial charge in [-0.25, -0.2) is 13.2 Å². The standard InChI is InChI=1S/C30H25F3O2/c1-3-4-17-34-28-16-13-24(18-27(28)31)35-19-21-7-11-23(12-8-21)26-15-14-25(29(32)30(26)33)22-9-5-20(2)6-10-22/h3,5-16,18H,1,4,17,19H2,2H3. The quantitative estimate of drug-likeness (QED) is 0.179.